The van der Waals surface area contributed by atoms with E-state index in [0.29, 0.717) is 12.0 Å². The number of hydrogen-bond acceptors (Lipinski definition) is 6. The molecule has 0 saturated carbocycles. The lowest BCUT2D eigenvalue weighted by Crippen LogP contribution is -2.47. The van der Waals surface area contributed by atoms with Crippen LogP contribution in [0, 0.1) is 0 Å². The first kappa shape index (κ1) is 18.9. The van der Waals surface area contributed by atoms with Crippen LogP contribution in [0.1, 0.15) is 24.8 Å². The zero-order valence-corrected chi connectivity index (χ0v) is 17.0. The largest absolute Gasteiger partial charge is 0.493 e. The van der Waals surface area contributed by atoms with Gasteiger partial charge < -0.3 is 19.7 Å². The Hall–Kier alpha value is -2.47. The van der Waals surface area contributed by atoms with Crippen LogP contribution in [-0.2, 0) is 0 Å². The molecule has 6 nitrogen and oxygen atoms in total. The molecule has 2 aromatic rings. The van der Waals surface area contributed by atoms with Crippen molar-refractivity contribution in [2.24, 2.45) is 0 Å². The number of aromatic nitrogens is 1. The highest BCUT2D eigenvalue weighted by molar-refractivity contribution is 5.66. The molecule has 0 unspecified atom stereocenters. The number of hydrogen-bond donors (Lipinski definition) is 1. The SMILES string of the molecule is COc1cc2c(cc1OC)[C@@H](CCN1CCN(c3ccccn3)CC1)[C@@H](C)N2. The van der Waals surface area contributed by atoms with Crippen molar-refractivity contribution in [3.05, 3.63) is 42.1 Å². The van der Waals surface area contributed by atoms with Gasteiger partial charge in [0.05, 0.1) is 14.2 Å². The number of benzene rings is 1. The van der Waals surface area contributed by atoms with Crippen molar-refractivity contribution in [3.63, 3.8) is 0 Å². The summed E-state index contributed by atoms with van der Waals surface area (Å²) in [7, 11) is 3.39. The van der Waals surface area contributed by atoms with Crippen LogP contribution in [0.4, 0.5) is 11.5 Å². The Bertz CT molecular complexity index is 791. The van der Waals surface area contributed by atoms with Gasteiger partial charge in [0.1, 0.15) is 5.82 Å². The smallest absolute Gasteiger partial charge is 0.162 e. The molecule has 1 aromatic heterocycles. The molecular formula is C22H30N4O2. The Morgan fingerprint density at radius 2 is 1.82 bits per heavy atom. The summed E-state index contributed by atoms with van der Waals surface area (Å²) in [6.45, 7) is 7.63. The summed E-state index contributed by atoms with van der Waals surface area (Å²) in [5.74, 6) is 3.17. The maximum Gasteiger partial charge on any atom is 0.162 e. The van der Waals surface area contributed by atoms with Gasteiger partial charge in [-0.1, -0.05) is 6.07 Å². The maximum absolute atomic E-state index is 5.52. The highest BCUT2D eigenvalue weighted by atomic mass is 16.5. The predicted molar refractivity (Wildman–Crippen MR) is 113 cm³/mol. The average Bonchev–Trinajstić information content (AvgIpc) is 3.06. The van der Waals surface area contributed by atoms with Crippen molar-refractivity contribution in [3.8, 4) is 11.5 Å². The standard InChI is InChI=1S/C22H30N4O2/c1-16-17(18-14-20(27-2)21(28-3)15-19(18)24-16)7-9-25-10-12-26(13-11-25)22-6-4-5-8-23-22/h4-6,8,14-17,24H,7,9-13H2,1-3H3/t16-,17+/m1/s1. The fourth-order valence-electron chi connectivity index (χ4n) is 4.41. The molecule has 2 aliphatic heterocycles. The third-order valence-corrected chi connectivity index (χ3v) is 6.04. The van der Waals surface area contributed by atoms with E-state index < -0.39 is 0 Å². The van der Waals surface area contributed by atoms with Crippen molar-refractivity contribution in [2.75, 3.05) is 57.2 Å². The number of nitrogens with one attached hydrogen (secondary N) is 1. The Morgan fingerprint density at radius 1 is 1.07 bits per heavy atom. The minimum atomic E-state index is 0.418. The monoisotopic (exact) mass is 382 g/mol. The molecule has 3 heterocycles. The van der Waals surface area contributed by atoms with Crippen LogP contribution in [0.15, 0.2) is 36.5 Å². The maximum atomic E-state index is 5.52. The van der Waals surface area contributed by atoms with Crippen molar-refractivity contribution in [2.45, 2.75) is 25.3 Å². The normalized spacial score (nSPS) is 21.9. The van der Waals surface area contributed by atoms with E-state index in [1.807, 2.05) is 12.3 Å². The third kappa shape index (κ3) is 3.74. The molecule has 2 aliphatic rings. The van der Waals surface area contributed by atoms with Gasteiger partial charge in [-0.05, 0) is 43.7 Å². The number of methoxy groups -OCH3 is 2. The molecule has 2 atom stereocenters. The van der Waals surface area contributed by atoms with Gasteiger partial charge in [0.15, 0.2) is 11.5 Å². The lowest BCUT2D eigenvalue weighted by molar-refractivity contribution is 0.246. The van der Waals surface area contributed by atoms with Crippen LogP contribution in [0.2, 0.25) is 0 Å². The molecular weight excluding hydrogens is 352 g/mol. The Balaban J connectivity index is 1.36. The van der Waals surface area contributed by atoms with Gasteiger partial charge >= 0.3 is 0 Å². The molecule has 1 fully saturated rings. The number of piperazine rings is 1. The van der Waals surface area contributed by atoms with Gasteiger partial charge in [-0.15, -0.1) is 0 Å². The predicted octanol–water partition coefficient (Wildman–Crippen LogP) is 3.21. The fourth-order valence-corrected chi connectivity index (χ4v) is 4.41. The number of fused-ring (bicyclic) bond motifs is 1. The Labute approximate surface area is 167 Å². The molecule has 6 heteroatoms. The number of ether oxygens (including phenoxy) is 2. The van der Waals surface area contributed by atoms with Crippen LogP contribution in [0.3, 0.4) is 0 Å². The number of anilines is 2. The molecule has 1 aromatic carbocycles. The van der Waals surface area contributed by atoms with E-state index >= 15 is 0 Å². The van der Waals surface area contributed by atoms with Crippen molar-refractivity contribution in [1.82, 2.24) is 9.88 Å². The summed E-state index contributed by atoms with van der Waals surface area (Å²) in [5.41, 5.74) is 2.52. The van der Waals surface area contributed by atoms with Crippen LogP contribution in [-0.4, -0.2) is 62.9 Å². The molecule has 0 spiro atoms. The van der Waals surface area contributed by atoms with Crippen LogP contribution in [0.25, 0.3) is 0 Å². The summed E-state index contributed by atoms with van der Waals surface area (Å²) in [6.07, 6.45) is 3.01. The van der Waals surface area contributed by atoms with Gasteiger partial charge in [0.25, 0.3) is 0 Å². The van der Waals surface area contributed by atoms with Crippen molar-refractivity contribution < 1.29 is 9.47 Å². The van der Waals surface area contributed by atoms with E-state index in [9.17, 15) is 0 Å². The highest BCUT2D eigenvalue weighted by Crippen LogP contribution is 2.44. The second-order valence-corrected chi connectivity index (χ2v) is 7.64. The first-order valence-corrected chi connectivity index (χ1v) is 10.1. The Morgan fingerprint density at radius 3 is 2.50 bits per heavy atom. The average molecular weight is 383 g/mol. The molecule has 0 bridgehead atoms. The van der Waals surface area contributed by atoms with Crippen molar-refractivity contribution >= 4 is 11.5 Å². The second-order valence-electron chi connectivity index (χ2n) is 7.64. The quantitative estimate of drug-likeness (QED) is 0.828. The van der Waals surface area contributed by atoms with E-state index in [1.165, 1.54) is 11.3 Å². The zero-order valence-electron chi connectivity index (χ0n) is 17.0. The summed E-state index contributed by atoms with van der Waals surface area (Å²) in [4.78, 5) is 9.43. The summed E-state index contributed by atoms with van der Waals surface area (Å²) in [6, 6.07) is 10.8. The number of nitrogens with zero attached hydrogens (tertiary/aromatic N) is 3. The van der Waals surface area contributed by atoms with E-state index in [-0.39, 0.29) is 0 Å². The van der Waals surface area contributed by atoms with Crippen molar-refractivity contribution in [1.29, 1.82) is 0 Å². The van der Waals surface area contributed by atoms with Gasteiger partial charge in [-0.25, -0.2) is 4.98 Å². The molecule has 4 rings (SSSR count). The lowest BCUT2D eigenvalue weighted by atomic mass is 9.92. The number of pyridine rings is 1. The van der Waals surface area contributed by atoms with E-state index in [4.69, 9.17) is 9.47 Å². The summed E-state index contributed by atoms with van der Waals surface area (Å²) >= 11 is 0. The molecule has 0 amide bonds. The second kappa shape index (κ2) is 8.27. The summed E-state index contributed by atoms with van der Waals surface area (Å²) < 4.78 is 11.0. The third-order valence-electron chi connectivity index (χ3n) is 6.04. The highest BCUT2D eigenvalue weighted by Gasteiger charge is 2.31. The van der Waals surface area contributed by atoms with E-state index in [1.54, 1.807) is 14.2 Å². The Kier molecular flexibility index (Phi) is 5.57. The molecule has 1 N–H and O–H groups in total. The van der Waals surface area contributed by atoms with E-state index in [2.05, 4.69) is 51.3 Å². The van der Waals surface area contributed by atoms with Gasteiger partial charge in [0.2, 0.25) is 0 Å². The summed E-state index contributed by atoms with van der Waals surface area (Å²) in [5, 5.41) is 3.62. The molecule has 0 aliphatic carbocycles. The molecule has 28 heavy (non-hydrogen) atoms. The van der Waals surface area contributed by atoms with Crippen LogP contribution < -0.4 is 19.7 Å². The van der Waals surface area contributed by atoms with Gasteiger partial charge in [-0.3, -0.25) is 4.90 Å². The first-order chi connectivity index (χ1) is 13.7. The van der Waals surface area contributed by atoms with Gasteiger partial charge in [0, 0.05) is 56.1 Å². The minimum Gasteiger partial charge on any atom is -0.493 e. The molecule has 1 saturated heterocycles. The van der Waals surface area contributed by atoms with Crippen LogP contribution in [0.5, 0.6) is 11.5 Å². The molecule has 0 radical (unpaired) electrons. The molecule has 150 valence electrons. The van der Waals surface area contributed by atoms with E-state index in [0.717, 1.165) is 56.5 Å². The fraction of sp³-hybridized carbons (Fsp3) is 0.500. The first-order valence-electron chi connectivity index (χ1n) is 10.1. The van der Waals surface area contributed by atoms with Crippen LogP contribution >= 0.6 is 0 Å². The zero-order chi connectivity index (χ0) is 19.5. The number of rotatable bonds is 6. The van der Waals surface area contributed by atoms with Gasteiger partial charge in [-0.2, -0.15) is 0 Å². The minimum absolute atomic E-state index is 0.418. The topological polar surface area (TPSA) is 49.9 Å². The lowest BCUT2D eigenvalue weighted by Gasteiger charge is -2.36.